The predicted octanol–water partition coefficient (Wildman–Crippen LogP) is 6.28. The molecule has 26 heavy (non-hydrogen) atoms. The summed E-state index contributed by atoms with van der Waals surface area (Å²) in [7, 11) is 0. The first-order chi connectivity index (χ1) is 12.7. The van der Waals surface area contributed by atoms with E-state index in [-0.39, 0.29) is 5.02 Å². The Balaban J connectivity index is 1.58. The maximum atomic E-state index is 13.6. The highest BCUT2D eigenvalue weighted by molar-refractivity contribution is 6.30. The summed E-state index contributed by atoms with van der Waals surface area (Å²) in [5.74, 6) is 7.98. The van der Waals surface area contributed by atoms with Crippen LogP contribution in [0.3, 0.4) is 0 Å². The molecule has 0 saturated heterocycles. The molecule has 1 aliphatic rings. The monoisotopic (exact) mass is 370 g/mol. The number of aromatic nitrogens is 2. The van der Waals surface area contributed by atoms with Gasteiger partial charge in [0.05, 0.1) is 10.6 Å². The fourth-order valence-corrected chi connectivity index (χ4v) is 3.57. The smallest absolute Gasteiger partial charge is 0.159 e. The lowest BCUT2D eigenvalue weighted by Crippen LogP contribution is -2.13. The van der Waals surface area contributed by atoms with E-state index in [9.17, 15) is 4.39 Å². The van der Waals surface area contributed by atoms with Gasteiger partial charge in [0.25, 0.3) is 0 Å². The quantitative estimate of drug-likeness (QED) is 0.591. The largest absolute Gasteiger partial charge is 0.235 e. The zero-order valence-electron chi connectivity index (χ0n) is 15.1. The van der Waals surface area contributed by atoms with Crippen molar-refractivity contribution in [1.29, 1.82) is 0 Å². The second-order valence-electron chi connectivity index (χ2n) is 7.05. The van der Waals surface area contributed by atoms with Crippen LogP contribution in [0.5, 0.6) is 0 Å². The molecular formula is C22H24ClFN2. The average Bonchev–Trinajstić information content (AvgIpc) is 2.68. The third-order valence-electron chi connectivity index (χ3n) is 5.06. The van der Waals surface area contributed by atoms with Crippen LogP contribution in [-0.2, 0) is 0 Å². The first-order valence-electron chi connectivity index (χ1n) is 9.44. The first kappa shape index (κ1) is 18.9. The molecule has 0 amide bonds. The Morgan fingerprint density at radius 2 is 1.88 bits per heavy atom. The molecule has 0 spiro atoms. The molecule has 136 valence electrons. The van der Waals surface area contributed by atoms with E-state index in [1.165, 1.54) is 57.1 Å². The number of hydrogen-bond acceptors (Lipinski definition) is 2. The number of rotatable bonds is 4. The Labute approximate surface area is 160 Å². The lowest BCUT2D eigenvalue weighted by Gasteiger charge is -2.25. The fourth-order valence-electron chi connectivity index (χ4n) is 3.45. The van der Waals surface area contributed by atoms with E-state index in [1.54, 1.807) is 18.5 Å². The van der Waals surface area contributed by atoms with Gasteiger partial charge in [0.2, 0.25) is 0 Å². The van der Waals surface area contributed by atoms with Gasteiger partial charge < -0.3 is 0 Å². The summed E-state index contributed by atoms with van der Waals surface area (Å²) in [5.41, 5.74) is 1.41. The van der Waals surface area contributed by atoms with Crippen LogP contribution in [0.4, 0.5) is 4.39 Å². The van der Waals surface area contributed by atoms with E-state index in [2.05, 4.69) is 28.7 Å². The molecule has 2 nitrogen and oxygen atoms in total. The summed E-state index contributed by atoms with van der Waals surface area (Å²) < 4.78 is 13.6. The van der Waals surface area contributed by atoms with Crippen LogP contribution >= 0.6 is 11.6 Å². The van der Waals surface area contributed by atoms with Gasteiger partial charge in [-0.1, -0.05) is 49.6 Å². The lowest BCUT2D eigenvalue weighted by molar-refractivity contribution is 0.296. The van der Waals surface area contributed by atoms with E-state index in [1.807, 2.05) is 0 Å². The van der Waals surface area contributed by atoms with Crippen molar-refractivity contribution in [2.75, 3.05) is 0 Å². The van der Waals surface area contributed by atoms with Gasteiger partial charge in [-0.2, -0.15) is 0 Å². The summed E-state index contributed by atoms with van der Waals surface area (Å²) >= 11 is 5.71. The fraction of sp³-hybridized carbons (Fsp3) is 0.455. The summed E-state index contributed by atoms with van der Waals surface area (Å²) in [6.45, 7) is 2.26. The Bertz CT molecular complexity index is 784. The molecule has 1 aromatic carbocycles. The standard InChI is InChI=1S/C22H24ClFN2/c1-2-3-4-16-5-7-17(8-6-16)9-10-18-14-25-22(26-15-18)19-11-12-20(23)21(24)13-19/h11-17H,2-8H2,1H3/t16-,17-. The molecule has 1 heterocycles. The van der Waals surface area contributed by atoms with Gasteiger partial charge in [-0.3, -0.25) is 0 Å². The van der Waals surface area contributed by atoms with Crippen molar-refractivity contribution < 1.29 is 4.39 Å². The van der Waals surface area contributed by atoms with Crippen LogP contribution in [0.1, 0.15) is 57.4 Å². The highest BCUT2D eigenvalue weighted by Crippen LogP contribution is 2.31. The molecule has 3 rings (SSSR count). The zero-order chi connectivity index (χ0) is 18.4. The molecule has 1 fully saturated rings. The number of unbranched alkanes of at least 4 members (excludes halogenated alkanes) is 1. The molecule has 0 aliphatic heterocycles. The van der Waals surface area contributed by atoms with Gasteiger partial charge in [0.1, 0.15) is 5.82 Å². The summed E-state index contributed by atoms with van der Waals surface area (Å²) in [5, 5.41) is 0.0978. The van der Waals surface area contributed by atoms with Crippen molar-refractivity contribution in [3.8, 4) is 23.2 Å². The number of nitrogens with zero attached hydrogens (tertiary/aromatic N) is 2. The Hall–Kier alpha value is -1.92. The molecule has 1 aliphatic carbocycles. The van der Waals surface area contributed by atoms with Crippen LogP contribution in [0.25, 0.3) is 11.4 Å². The van der Waals surface area contributed by atoms with Crippen molar-refractivity contribution in [3.05, 3.63) is 47.0 Å². The lowest BCUT2D eigenvalue weighted by atomic mass is 9.80. The Kier molecular flexibility index (Phi) is 6.63. The Morgan fingerprint density at radius 1 is 1.15 bits per heavy atom. The van der Waals surface area contributed by atoms with E-state index in [4.69, 9.17) is 11.6 Å². The van der Waals surface area contributed by atoms with Crippen molar-refractivity contribution in [3.63, 3.8) is 0 Å². The van der Waals surface area contributed by atoms with Crippen LogP contribution in [0.15, 0.2) is 30.6 Å². The van der Waals surface area contributed by atoms with Gasteiger partial charge >= 0.3 is 0 Å². The van der Waals surface area contributed by atoms with Gasteiger partial charge in [0, 0.05) is 23.9 Å². The minimum atomic E-state index is -0.467. The van der Waals surface area contributed by atoms with Gasteiger partial charge in [-0.15, -0.1) is 0 Å². The normalized spacial score (nSPS) is 19.7. The molecule has 2 aromatic rings. The summed E-state index contributed by atoms with van der Waals surface area (Å²) in [6.07, 6.45) is 12.4. The Morgan fingerprint density at radius 3 is 2.54 bits per heavy atom. The van der Waals surface area contributed by atoms with E-state index >= 15 is 0 Å². The van der Waals surface area contributed by atoms with Crippen LogP contribution in [0, 0.1) is 29.5 Å². The van der Waals surface area contributed by atoms with Crippen LogP contribution < -0.4 is 0 Å². The average molecular weight is 371 g/mol. The maximum Gasteiger partial charge on any atom is 0.159 e. The van der Waals surface area contributed by atoms with E-state index in [0.29, 0.717) is 17.3 Å². The number of hydrogen-bond donors (Lipinski definition) is 0. The van der Waals surface area contributed by atoms with Crippen molar-refractivity contribution >= 4 is 11.6 Å². The third-order valence-corrected chi connectivity index (χ3v) is 5.37. The van der Waals surface area contributed by atoms with Gasteiger partial charge in [-0.25, -0.2) is 14.4 Å². The van der Waals surface area contributed by atoms with E-state index < -0.39 is 5.82 Å². The summed E-state index contributed by atoms with van der Waals surface area (Å²) in [4.78, 5) is 8.61. The first-order valence-corrected chi connectivity index (χ1v) is 9.82. The van der Waals surface area contributed by atoms with Gasteiger partial charge in [0.15, 0.2) is 5.82 Å². The van der Waals surface area contributed by atoms with Crippen molar-refractivity contribution in [2.24, 2.45) is 11.8 Å². The molecular weight excluding hydrogens is 347 g/mol. The SMILES string of the molecule is CCCC[C@H]1CC[C@H](C#Cc2cnc(-c3ccc(Cl)c(F)c3)nc2)CC1. The molecule has 0 radical (unpaired) electrons. The van der Waals surface area contributed by atoms with E-state index in [0.717, 1.165) is 11.5 Å². The molecule has 1 saturated carbocycles. The zero-order valence-corrected chi connectivity index (χ0v) is 15.9. The maximum absolute atomic E-state index is 13.6. The second kappa shape index (κ2) is 9.14. The van der Waals surface area contributed by atoms with Crippen molar-refractivity contribution in [1.82, 2.24) is 9.97 Å². The molecule has 0 atom stereocenters. The minimum Gasteiger partial charge on any atom is -0.235 e. The predicted molar refractivity (Wildman–Crippen MR) is 104 cm³/mol. The molecule has 1 aromatic heterocycles. The molecule has 0 bridgehead atoms. The third kappa shape index (κ3) is 5.05. The number of benzene rings is 1. The minimum absolute atomic E-state index is 0.0978. The highest BCUT2D eigenvalue weighted by Gasteiger charge is 2.19. The van der Waals surface area contributed by atoms with Gasteiger partial charge in [-0.05, 0) is 49.8 Å². The molecule has 4 heteroatoms. The molecule has 0 unspecified atom stereocenters. The highest BCUT2D eigenvalue weighted by atomic mass is 35.5. The molecule has 0 N–H and O–H groups in total. The number of halogens is 2. The van der Waals surface area contributed by atoms with Crippen molar-refractivity contribution in [2.45, 2.75) is 51.9 Å². The topological polar surface area (TPSA) is 25.8 Å². The van der Waals surface area contributed by atoms with Crippen LogP contribution in [0.2, 0.25) is 5.02 Å². The summed E-state index contributed by atoms with van der Waals surface area (Å²) in [6, 6.07) is 4.57. The second-order valence-corrected chi connectivity index (χ2v) is 7.46. The van der Waals surface area contributed by atoms with Crippen LogP contribution in [-0.4, -0.2) is 9.97 Å².